The van der Waals surface area contributed by atoms with E-state index in [0.717, 1.165) is 11.2 Å². The number of hydrogen-bond donors (Lipinski definition) is 0. The highest BCUT2D eigenvalue weighted by Gasteiger charge is 2.41. The third kappa shape index (κ3) is 2.79. The molecule has 1 aliphatic heterocycles. The van der Waals surface area contributed by atoms with Crippen molar-refractivity contribution in [2.75, 3.05) is 7.05 Å². The molecule has 0 atom stereocenters. The van der Waals surface area contributed by atoms with Crippen LogP contribution in [0.3, 0.4) is 0 Å². The summed E-state index contributed by atoms with van der Waals surface area (Å²) in [4.78, 5) is 2.26. The molecule has 29 heavy (non-hydrogen) atoms. The Labute approximate surface area is 172 Å². The predicted molar refractivity (Wildman–Crippen MR) is 120 cm³/mol. The fourth-order valence-corrected chi connectivity index (χ4v) is 4.60. The van der Waals surface area contributed by atoms with E-state index in [-0.39, 0.29) is 6.85 Å². The fraction of sp³-hybridized carbons (Fsp3) is 0.160. The van der Waals surface area contributed by atoms with Crippen molar-refractivity contribution in [2.45, 2.75) is 13.8 Å². The Hall–Kier alpha value is -3.27. The normalized spacial score (nSPS) is 13.6. The lowest BCUT2D eigenvalue weighted by molar-refractivity contribution is -0.653. The topological polar surface area (TPSA) is 20.3 Å². The number of allylic oxidation sites excluding steroid dienone is 1. The van der Waals surface area contributed by atoms with Gasteiger partial charge in [-0.2, -0.15) is 0 Å². The zero-order chi connectivity index (χ0) is 20.1. The first kappa shape index (κ1) is 17.8. The standard InChI is InChI=1S/C25H24BN2O/c1-17-14-23(27(3)16-21(17)19-10-6-5-7-11-19)26-25-24(18(2)15-28(26)4)20-12-8-9-13-22(20)29-25/h5-16H,1-4H3/q+1. The van der Waals surface area contributed by atoms with Crippen molar-refractivity contribution in [3.63, 3.8) is 0 Å². The lowest BCUT2D eigenvalue weighted by Crippen LogP contribution is -2.65. The Morgan fingerprint density at radius 1 is 0.966 bits per heavy atom. The second-order valence-corrected chi connectivity index (χ2v) is 7.99. The first-order valence-electron chi connectivity index (χ1n) is 10.0. The molecule has 0 bridgehead atoms. The van der Waals surface area contributed by atoms with Crippen molar-refractivity contribution in [3.05, 3.63) is 84.2 Å². The summed E-state index contributed by atoms with van der Waals surface area (Å²) in [7, 11) is 4.26. The Morgan fingerprint density at radius 3 is 2.48 bits per heavy atom. The summed E-state index contributed by atoms with van der Waals surface area (Å²) in [6.07, 6.45) is 4.47. The summed E-state index contributed by atoms with van der Waals surface area (Å²) in [5.41, 5.74) is 9.42. The summed E-state index contributed by atoms with van der Waals surface area (Å²) >= 11 is 0. The maximum Gasteiger partial charge on any atom is 0.443 e. The molecule has 0 spiro atoms. The van der Waals surface area contributed by atoms with Crippen LogP contribution in [0.2, 0.25) is 0 Å². The highest BCUT2D eigenvalue weighted by molar-refractivity contribution is 6.82. The predicted octanol–water partition coefficient (Wildman–Crippen LogP) is 3.64. The van der Waals surface area contributed by atoms with Gasteiger partial charge in [-0.25, -0.2) is 4.57 Å². The number of rotatable bonds is 2. The Balaban J connectivity index is 1.70. The van der Waals surface area contributed by atoms with Gasteiger partial charge < -0.3 is 9.23 Å². The van der Waals surface area contributed by atoms with Gasteiger partial charge in [-0.05, 0) is 49.9 Å². The molecule has 3 nitrogen and oxygen atoms in total. The van der Waals surface area contributed by atoms with Crippen LogP contribution in [-0.2, 0) is 7.05 Å². The summed E-state index contributed by atoms with van der Waals surface area (Å²) in [6.45, 7) is 4.39. The third-order valence-electron chi connectivity index (χ3n) is 5.95. The van der Waals surface area contributed by atoms with Gasteiger partial charge in [0, 0.05) is 22.6 Å². The van der Waals surface area contributed by atoms with Crippen molar-refractivity contribution in [3.8, 4) is 11.1 Å². The summed E-state index contributed by atoms with van der Waals surface area (Å²) in [5.74, 6) is 0. The molecule has 0 saturated carbocycles. The second kappa shape index (κ2) is 6.66. The molecule has 5 rings (SSSR count). The molecule has 0 fully saturated rings. The molecule has 0 amide bonds. The van der Waals surface area contributed by atoms with Gasteiger partial charge in [0.1, 0.15) is 18.3 Å². The maximum atomic E-state index is 6.41. The monoisotopic (exact) mass is 379 g/mol. The fourth-order valence-electron chi connectivity index (χ4n) is 4.60. The first-order chi connectivity index (χ1) is 14.0. The zero-order valence-corrected chi connectivity index (χ0v) is 17.3. The van der Waals surface area contributed by atoms with Crippen molar-refractivity contribution in [1.82, 2.24) is 4.81 Å². The van der Waals surface area contributed by atoms with E-state index in [1.54, 1.807) is 0 Å². The number of fused-ring (bicyclic) bond motifs is 3. The van der Waals surface area contributed by atoms with Crippen LogP contribution < -0.4 is 15.8 Å². The molecule has 0 radical (unpaired) electrons. The maximum absolute atomic E-state index is 6.41. The minimum absolute atomic E-state index is 0.0367. The molecule has 4 aromatic rings. The van der Waals surface area contributed by atoms with E-state index in [1.165, 1.54) is 38.8 Å². The molecular weight excluding hydrogens is 355 g/mol. The van der Waals surface area contributed by atoms with Crippen molar-refractivity contribution >= 4 is 34.6 Å². The van der Waals surface area contributed by atoms with Crippen LogP contribution in [0, 0.1) is 6.92 Å². The average molecular weight is 379 g/mol. The van der Waals surface area contributed by atoms with E-state index >= 15 is 0 Å². The number of furan rings is 1. The Morgan fingerprint density at radius 2 is 1.69 bits per heavy atom. The number of pyridine rings is 1. The molecule has 3 heterocycles. The number of aryl methyl sites for hydroxylation is 2. The quantitative estimate of drug-likeness (QED) is 0.392. The van der Waals surface area contributed by atoms with Gasteiger partial charge in [0.05, 0.1) is 0 Å². The molecule has 1 aliphatic rings. The van der Waals surface area contributed by atoms with Crippen LogP contribution >= 0.6 is 0 Å². The third-order valence-corrected chi connectivity index (χ3v) is 5.95. The zero-order valence-electron chi connectivity index (χ0n) is 17.3. The average Bonchev–Trinajstić information content (AvgIpc) is 3.10. The van der Waals surface area contributed by atoms with E-state index in [0.29, 0.717) is 0 Å². The van der Waals surface area contributed by atoms with E-state index < -0.39 is 0 Å². The highest BCUT2D eigenvalue weighted by atomic mass is 16.3. The van der Waals surface area contributed by atoms with E-state index in [2.05, 4.69) is 104 Å². The summed E-state index contributed by atoms with van der Waals surface area (Å²) in [6, 6.07) is 21.2. The van der Waals surface area contributed by atoms with Crippen molar-refractivity contribution < 1.29 is 8.98 Å². The largest absolute Gasteiger partial charge is 0.467 e. The van der Waals surface area contributed by atoms with E-state index in [9.17, 15) is 0 Å². The molecule has 0 saturated heterocycles. The number of nitrogens with zero attached hydrogens (tertiary/aromatic N) is 2. The van der Waals surface area contributed by atoms with Crippen LogP contribution in [0.25, 0.3) is 27.7 Å². The number of aromatic nitrogens is 1. The van der Waals surface area contributed by atoms with Gasteiger partial charge in [0.15, 0.2) is 11.8 Å². The minimum Gasteiger partial charge on any atom is -0.467 e. The Bertz CT molecular complexity index is 1260. The van der Waals surface area contributed by atoms with Gasteiger partial charge in [-0.15, -0.1) is 0 Å². The van der Waals surface area contributed by atoms with Gasteiger partial charge in [-0.3, -0.25) is 0 Å². The molecule has 0 unspecified atom stereocenters. The van der Waals surface area contributed by atoms with E-state index in [1.807, 2.05) is 6.07 Å². The smallest absolute Gasteiger partial charge is 0.443 e. The first-order valence-corrected chi connectivity index (χ1v) is 10.0. The molecule has 2 aromatic heterocycles. The highest BCUT2D eigenvalue weighted by Crippen LogP contribution is 2.29. The molecule has 4 heteroatoms. The summed E-state index contributed by atoms with van der Waals surface area (Å²) in [5, 5.41) is 1.19. The molecule has 142 valence electrons. The molecule has 0 N–H and O–H groups in total. The summed E-state index contributed by atoms with van der Waals surface area (Å²) < 4.78 is 8.65. The molecule has 0 aliphatic carbocycles. The van der Waals surface area contributed by atoms with Crippen LogP contribution in [0.4, 0.5) is 0 Å². The van der Waals surface area contributed by atoms with Crippen LogP contribution in [-0.4, -0.2) is 18.7 Å². The Kier molecular flexibility index (Phi) is 4.09. The van der Waals surface area contributed by atoms with Gasteiger partial charge in [0.25, 0.3) is 0 Å². The van der Waals surface area contributed by atoms with Gasteiger partial charge in [0.2, 0.25) is 0 Å². The van der Waals surface area contributed by atoms with Crippen molar-refractivity contribution in [2.24, 2.45) is 7.05 Å². The number of benzene rings is 2. The van der Waals surface area contributed by atoms with Crippen LogP contribution in [0.5, 0.6) is 0 Å². The number of para-hydroxylation sites is 1. The molecular formula is C25H24BN2O+. The van der Waals surface area contributed by atoms with Crippen LogP contribution in [0.1, 0.15) is 18.1 Å². The second-order valence-electron chi connectivity index (χ2n) is 7.99. The van der Waals surface area contributed by atoms with E-state index in [4.69, 9.17) is 4.42 Å². The van der Waals surface area contributed by atoms with Crippen LogP contribution in [0.15, 0.2) is 77.5 Å². The number of hydrogen-bond acceptors (Lipinski definition) is 2. The van der Waals surface area contributed by atoms with Gasteiger partial charge >= 0.3 is 6.85 Å². The van der Waals surface area contributed by atoms with Crippen molar-refractivity contribution in [1.29, 1.82) is 0 Å². The minimum atomic E-state index is 0.0367. The lowest BCUT2D eigenvalue weighted by atomic mass is 9.51. The molecule has 2 aromatic carbocycles. The van der Waals surface area contributed by atoms with Gasteiger partial charge in [-0.1, -0.05) is 48.5 Å². The SMILES string of the molecule is CC1=CN(C)B(c2cc(C)c(-c3ccccc3)c[n+]2C)c2oc3ccccc3c21. The lowest BCUT2D eigenvalue weighted by Gasteiger charge is -2.26.